The van der Waals surface area contributed by atoms with Crippen molar-refractivity contribution in [2.45, 2.75) is 6.42 Å². The summed E-state index contributed by atoms with van der Waals surface area (Å²) < 4.78 is 26.4. The summed E-state index contributed by atoms with van der Waals surface area (Å²) in [4.78, 5) is 16.2. The molecule has 0 spiro atoms. The average Bonchev–Trinajstić information content (AvgIpc) is 2.75. The molecule has 0 aliphatic heterocycles. The molecular formula is C10H19N5O4S2. The van der Waals surface area contributed by atoms with Crippen molar-refractivity contribution in [1.82, 2.24) is 10.3 Å². The lowest BCUT2D eigenvalue weighted by Crippen LogP contribution is -2.27. The summed E-state index contributed by atoms with van der Waals surface area (Å²) in [6.45, 7) is 1.26. The number of primary sulfonamides is 1. The maximum absolute atomic E-state index is 11.9. The molecular weight excluding hydrogens is 318 g/mol. The van der Waals surface area contributed by atoms with E-state index in [-0.39, 0.29) is 35.3 Å². The van der Waals surface area contributed by atoms with Gasteiger partial charge in [0.1, 0.15) is 10.7 Å². The normalized spacial score (nSPS) is 11.3. The number of nitrogens with one attached hydrogen (secondary N) is 2. The quantitative estimate of drug-likeness (QED) is 0.430. The predicted molar refractivity (Wildman–Crippen MR) is 81.8 cm³/mol. The average molecular weight is 337 g/mol. The van der Waals surface area contributed by atoms with Crippen LogP contribution >= 0.6 is 11.3 Å². The van der Waals surface area contributed by atoms with Gasteiger partial charge in [0.2, 0.25) is 10.0 Å². The lowest BCUT2D eigenvalue weighted by atomic mass is 10.4. The minimum absolute atomic E-state index is 0.129. The zero-order chi connectivity index (χ0) is 15.9. The Morgan fingerprint density at radius 3 is 2.76 bits per heavy atom. The third kappa shape index (κ3) is 6.71. The molecule has 0 radical (unpaired) electrons. The highest BCUT2D eigenvalue weighted by atomic mass is 32.2. The van der Waals surface area contributed by atoms with Crippen molar-refractivity contribution in [3.63, 3.8) is 0 Å². The molecule has 9 nitrogen and oxygen atoms in total. The summed E-state index contributed by atoms with van der Waals surface area (Å²) in [5.41, 5.74) is 5.67. The highest BCUT2D eigenvalue weighted by Crippen LogP contribution is 2.24. The lowest BCUT2D eigenvalue weighted by Gasteiger charge is -2.03. The number of hydrogen-bond acceptors (Lipinski definition) is 8. The molecule has 1 amide bonds. The minimum atomic E-state index is -3.51. The first-order valence-corrected chi connectivity index (χ1v) is 8.64. The van der Waals surface area contributed by atoms with Gasteiger partial charge in [-0.05, 0) is 6.42 Å². The van der Waals surface area contributed by atoms with E-state index in [4.69, 9.17) is 15.6 Å². The topological polar surface area (TPSA) is 149 Å². The molecule has 1 aromatic heterocycles. The number of hydrogen-bond donors (Lipinski definition) is 4. The van der Waals surface area contributed by atoms with Crippen LogP contribution in [0.25, 0.3) is 0 Å². The molecule has 0 aromatic carbocycles. The van der Waals surface area contributed by atoms with Crippen molar-refractivity contribution < 1.29 is 17.9 Å². The fraction of sp³-hybridized carbons (Fsp3) is 0.600. The van der Waals surface area contributed by atoms with Crippen molar-refractivity contribution in [2.75, 3.05) is 43.6 Å². The van der Waals surface area contributed by atoms with Crippen molar-refractivity contribution in [1.29, 1.82) is 0 Å². The standard InChI is InChI=1S/C10H19N5O4S2/c1-19-5-4-14-10-15-8(11)7(20-10)9(16)13-3-2-6-21(12,17)18/h2-6,11H2,1H3,(H,13,16)(H,14,15)(H2,12,17,18). The van der Waals surface area contributed by atoms with Gasteiger partial charge in [-0.15, -0.1) is 0 Å². The molecule has 0 aliphatic rings. The highest BCUT2D eigenvalue weighted by Gasteiger charge is 2.15. The number of nitrogen functional groups attached to an aromatic ring is 1. The Labute approximate surface area is 127 Å². The van der Waals surface area contributed by atoms with Crippen LogP contribution in [-0.2, 0) is 14.8 Å². The smallest absolute Gasteiger partial charge is 0.265 e. The van der Waals surface area contributed by atoms with Gasteiger partial charge in [-0.25, -0.2) is 18.5 Å². The van der Waals surface area contributed by atoms with E-state index in [1.54, 1.807) is 7.11 Å². The zero-order valence-corrected chi connectivity index (χ0v) is 13.2. The van der Waals surface area contributed by atoms with Crippen molar-refractivity contribution >= 4 is 38.2 Å². The monoisotopic (exact) mass is 337 g/mol. The number of thiazole rings is 1. The van der Waals surface area contributed by atoms with Crippen molar-refractivity contribution in [3.8, 4) is 0 Å². The predicted octanol–water partition coefficient (Wildman–Crippen LogP) is -0.808. The molecule has 0 bridgehead atoms. The van der Waals surface area contributed by atoms with Crippen molar-refractivity contribution in [3.05, 3.63) is 4.88 Å². The van der Waals surface area contributed by atoms with Crippen LogP contribution in [0.1, 0.15) is 16.1 Å². The molecule has 21 heavy (non-hydrogen) atoms. The van der Waals surface area contributed by atoms with Gasteiger partial charge >= 0.3 is 0 Å². The van der Waals surface area contributed by atoms with E-state index < -0.39 is 10.0 Å². The molecule has 11 heteroatoms. The molecule has 0 saturated heterocycles. The van der Waals surface area contributed by atoms with E-state index >= 15 is 0 Å². The first-order valence-electron chi connectivity index (χ1n) is 6.11. The van der Waals surface area contributed by atoms with E-state index in [1.165, 1.54) is 0 Å². The van der Waals surface area contributed by atoms with E-state index in [9.17, 15) is 13.2 Å². The van der Waals surface area contributed by atoms with Gasteiger partial charge in [-0.1, -0.05) is 11.3 Å². The zero-order valence-electron chi connectivity index (χ0n) is 11.6. The number of anilines is 2. The molecule has 0 aliphatic carbocycles. The Bertz CT molecular complexity index is 572. The van der Waals surface area contributed by atoms with Crippen LogP contribution < -0.4 is 21.5 Å². The summed E-state index contributed by atoms with van der Waals surface area (Å²) in [5, 5.41) is 10.9. The van der Waals surface area contributed by atoms with E-state index in [1.807, 2.05) is 0 Å². The van der Waals surface area contributed by atoms with Gasteiger partial charge in [0.25, 0.3) is 5.91 Å². The lowest BCUT2D eigenvalue weighted by molar-refractivity contribution is 0.0958. The van der Waals surface area contributed by atoms with Crippen LogP contribution in [0.2, 0.25) is 0 Å². The summed E-state index contributed by atoms with van der Waals surface area (Å²) in [7, 11) is -1.93. The fourth-order valence-corrected chi connectivity index (χ4v) is 2.76. The summed E-state index contributed by atoms with van der Waals surface area (Å²) >= 11 is 1.12. The van der Waals surface area contributed by atoms with Gasteiger partial charge in [-0.2, -0.15) is 0 Å². The number of carbonyl (C=O) groups excluding carboxylic acids is 1. The number of carbonyl (C=O) groups is 1. The fourth-order valence-electron chi connectivity index (χ4n) is 1.39. The van der Waals surface area contributed by atoms with Gasteiger partial charge in [-0.3, -0.25) is 4.79 Å². The van der Waals surface area contributed by atoms with Crippen LogP contribution in [0, 0.1) is 0 Å². The van der Waals surface area contributed by atoms with E-state index in [0.717, 1.165) is 11.3 Å². The molecule has 0 fully saturated rings. The summed E-state index contributed by atoms with van der Waals surface area (Å²) in [6.07, 6.45) is 0.238. The summed E-state index contributed by atoms with van der Waals surface area (Å²) in [6, 6.07) is 0. The molecule has 0 unspecified atom stereocenters. The molecule has 120 valence electrons. The highest BCUT2D eigenvalue weighted by molar-refractivity contribution is 7.89. The first kappa shape index (κ1) is 17.6. The van der Waals surface area contributed by atoms with Crippen LogP contribution in [0.3, 0.4) is 0 Å². The van der Waals surface area contributed by atoms with Crippen molar-refractivity contribution in [2.24, 2.45) is 5.14 Å². The number of nitrogens with zero attached hydrogens (tertiary/aromatic N) is 1. The number of rotatable bonds is 9. The number of methoxy groups -OCH3 is 1. The molecule has 0 atom stereocenters. The number of nitrogens with two attached hydrogens (primary N) is 2. The summed E-state index contributed by atoms with van der Waals surface area (Å²) in [5.74, 6) is -0.446. The largest absolute Gasteiger partial charge is 0.383 e. The van der Waals surface area contributed by atoms with Gasteiger partial charge in [0.05, 0.1) is 12.4 Å². The Morgan fingerprint density at radius 2 is 2.14 bits per heavy atom. The Morgan fingerprint density at radius 1 is 1.43 bits per heavy atom. The van der Waals surface area contributed by atoms with Crippen LogP contribution in [0.4, 0.5) is 10.9 Å². The third-order valence-corrected chi connectivity index (χ3v) is 4.22. The second-order valence-corrected chi connectivity index (χ2v) is 6.86. The van der Waals surface area contributed by atoms with Crippen LogP contribution in [-0.4, -0.2) is 51.9 Å². The molecule has 6 N–H and O–H groups in total. The van der Waals surface area contributed by atoms with Gasteiger partial charge in [0.15, 0.2) is 5.13 Å². The number of aromatic nitrogens is 1. The van der Waals surface area contributed by atoms with E-state index in [0.29, 0.717) is 18.3 Å². The second-order valence-electron chi connectivity index (χ2n) is 4.13. The number of sulfonamides is 1. The number of amides is 1. The SMILES string of the molecule is COCCNc1nc(N)c(C(=O)NCCCS(N)(=O)=O)s1. The Kier molecular flexibility index (Phi) is 6.81. The molecule has 1 aromatic rings. The molecule has 1 heterocycles. The van der Waals surface area contributed by atoms with E-state index in [2.05, 4.69) is 15.6 Å². The van der Waals surface area contributed by atoms with Crippen LogP contribution in [0.15, 0.2) is 0 Å². The third-order valence-electron chi connectivity index (χ3n) is 2.33. The Hall–Kier alpha value is -1.43. The maximum atomic E-state index is 11.9. The van der Waals surface area contributed by atoms with Gasteiger partial charge < -0.3 is 21.1 Å². The van der Waals surface area contributed by atoms with Crippen LogP contribution in [0.5, 0.6) is 0 Å². The second kappa shape index (κ2) is 8.12. The molecule has 1 rings (SSSR count). The molecule has 0 saturated carbocycles. The minimum Gasteiger partial charge on any atom is -0.383 e. The van der Waals surface area contributed by atoms with Gasteiger partial charge in [0, 0.05) is 20.2 Å². The maximum Gasteiger partial charge on any atom is 0.265 e. The Balaban J connectivity index is 2.46. The first-order chi connectivity index (χ1) is 9.83. The number of ether oxygens (including phenoxy) is 1.